The molecule has 1 aliphatic heterocycles. The van der Waals surface area contributed by atoms with Gasteiger partial charge in [0, 0.05) is 23.9 Å². The van der Waals surface area contributed by atoms with E-state index in [1.807, 2.05) is 24.3 Å². The maximum Gasteiger partial charge on any atom is 0.262 e. The number of amides is 1. The Balaban J connectivity index is 1.39. The largest absolute Gasteiger partial charge is 0.497 e. The Morgan fingerprint density at radius 3 is 2.22 bits per heavy atom. The number of hydrogen-bond donors (Lipinski definition) is 2. The molecular weight excluding hydrogens is 478 g/mol. The zero-order valence-corrected chi connectivity index (χ0v) is 21.3. The molecule has 3 aromatic rings. The van der Waals surface area contributed by atoms with Crippen LogP contribution in [0.2, 0.25) is 0 Å². The van der Waals surface area contributed by atoms with Crippen molar-refractivity contribution in [2.45, 2.75) is 30.7 Å². The molecule has 0 aromatic heterocycles. The number of hydrogen-bond acceptors (Lipinski definition) is 6. The van der Waals surface area contributed by atoms with Crippen molar-refractivity contribution in [3.05, 3.63) is 77.9 Å². The molecule has 0 radical (unpaired) electrons. The molecule has 9 heteroatoms. The molecule has 1 fully saturated rings. The number of rotatable bonds is 9. The predicted octanol–water partition coefficient (Wildman–Crippen LogP) is 4.74. The van der Waals surface area contributed by atoms with E-state index in [9.17, 15) is 13.2 Å². The minimum Gasteiger partial charge on any atom is -0.497 e. The molecule has 2 N–H and O–H groups in total. The molecule has 0 atom stereocenters. The maximum absolute atomic E-state index is 12.9. The molecule has 0 spiro atoms. The highest BCUT2D eigenvalue weighted by molar-refractivity contribution is 7.92. The first-order valence-corrected chi connectivity index (χ1v) is 13.3. The number of sulfonamides is 1. The molecular formula is C27H31N3O5S. The van der Waals surface area contributed by atoms with Crippen LogP contribution in [0, 0.1) is 0 Å². The molecule has 0 bridgehead atoms. The highest BCUT2D eigenvalue weighted by Crippen LogP contribution is 2.31. The monoisotopic (exact) mass is 509 g/mol. The first kappa shape index (κ1) is 25.5. The minimum absolute atomic E-state index is 0.0486. The lowest BCUT2D eigenvalue weighted by Gasteiger charge is -2.26. The fourth-order valence-electron chi connectivity index (χ4n) is 4.16. The van der Waals surface area contributed by atoms with Crippen LogP contribution in [0.3, 0.4) is 0 Å². The van der Waals surface area contributed by atoms with Crippen LogP contribution < -0.4 is 19.5 Å². The number of anilines is 2. The third kappa shape index (κ3) is 6.35. The lowest BCUT2D eigenvalue weighted by Crippen LogP contribution is -2.29. The topological polar surface area (TPSA) is 97.0 Å². The van der Waals surface area contributed by atoms with Crippen LogP contribution in [-0.4, -0.2) is 46.5 Å². The molecule has 8 nitrogen and oxygen atoms in total. The molecule has 1 saturated heterocycles. The lowest BCUT2D eigenvalue weighted by atomic mass is 10.1. The first-order valence-electron chi connectivity index (χ1n) is 11.9. The summed E-state index contributed by atoms with van der Waals surface area (Å²) in [4.78, 5) is 15.2. The number of carbonyl (C=O) groups excluding carboxylic acids is 1. The van der Waals surface area contributed by atoms with Crippen molar-refractivity contribution in [2.75, 3.05) is 37.3 Å². The molecule has 1 aliphatic rings. The number of nitrogens with one attached hydrogen (secondary N) is 2. The average molecular weight is 510 g/mol. The molecule has 1 heterocycles. The Morgan fingerprint density at radius 1 is 0.889 bits per heavy atom. The number of methoxy groups -OCH3 is 2. The zero-order chi connectivity index (χ0) is 25.5. The molecule has 0 unspecified atom stereocenters. The second-order valence-corrected chi connectivity index (χ2v) is 10.4. The van der Waals surface area contributed by atoms with Gasteiger partial charge in [0.25, 0.3) is 15.9 Å². The van der Waals surface area contributed by atoms with Crippen molar-refractivity contribution >= 4 is 27.3 Å². The molecule has 36 heavy (non-hydrogen) atoms. The summed E-state index contributed by atoms with van der Waals surface area (Å²) in [5, 5.41) is 2.82. The second kappa shape index (κ2) is 11.5. The minimum atomic E-state index is -3.89. The highest BCUT2D eigenvalue weighted by Gasteiger charge is 2.18. The standard InChI is InChI=1S/C27H31N3O5S/c1-34-23-12-15-26(35-2)25(18-23)29-36(32,33)24-13-10-22(11-14-24)28-27(31)21-8-6-20(7-9-21)19-30-16-4-3-5-17-30/h6-15,18,29H,3-5,16-17,19H2,1-2H3,(H,28,31). The summed E-state index contributed by atoms with van der Waals surface area (Å²) < 4.78 is 38.7. The third-order valence-electron chi connectivity index (χ3n) is 6.14. The van der Waals surface area contributed by atoms with Gasteiger partial charge in [-0.25, -0.2) is 8.42 Å². The zero-order valence-electron chi connectivity index (χ0n) is 20.5. The lowest BCUT2D eigenvalue weighted by molar-refractivity contribution is 0.102. The van der Waals surface area contributed by atoms with Gasteiger partial charge in [-0.15, -0.1) is 0 Å². The van der Waals surface area contributed by atoms with Crippen molar-refractivity contribution in [1.82, 2.24) is 4.90 Å². The van der Waals surface area contributed by atoms with Crippen LogP contribution >= 0.6 is 0 Å². The van der Waals surface area contributed by atoms with Gasteiger partial charge in [0.15, 0.2) is 0 Å². The van der Waals surface area contributed by atoms with Gasteiger partial charge in [-0.1, -0.05) is 18.6 Å². The highest BCUT2D eigenvalue weighted by atomic mass is 32.2. The summed E-state index contributed by atoms with van der Waals surface area (Å²) >= 11 is 0. The summed E-state index contributed by atoms with van der Waals surface area (Å²) in [7, 11) is -0.933. The quantitative estimate of drug-likeness (QED) is 0.432. The Hall–Kier alpha value is -3.56. The third-order valence-corrected chi connectivity index (χ3v) is 7.53. The van der Waals surface area contributed by atoms with Crippen LogP contribution in [0.4, 0.5) is 11.4 Å². The fraction of sp³-hybridized carbons (Fsp3) is 0.296. The second-order valence-electron chi connectivity index (χ2n) is 8.68. The van der Waals surface area contributed by atoms with Gasteiger partial charge in [-0.3, -0.25) is 14.4 Å². The van der Waals surface area contributed by atoms with Crippen molar-refractivity contribution in [1.29, 1.82) is 0 Å². The van der Waals surface area contributed by atoms with Gasteiger partial charge < -0.3 is 14.8 Å². The average Bonchev–Trinajstić information content (AvgIpc) is 2.89. The Morgan fingerprint density at radius 2 is 1.58 bits per heavy atom. The Kier molecular flexibility index (Phi) is 8.12. The first-order chi connectivity index (χ1) is 17.4. The predicted molar refractivity (Wildman–Crippen MR) is 140 cm³/mol. The van der Waals surface area contributed by atoms with E-state index in [4.69, 9.17) is 9.47 Å². The van der Waals surface area contributed by atoms with E-state index in [0.717, 1.165) is 19.6 Å². The smallest absolute Gasteiger partial charge is 0.262 e. The van der Waals surface area contributed by atoms with E-state index in [1.54, 1.807) is 30.3 Å². The summed E-state index contributed by atoms with van der Waals surface area (Å²) in [5.41, 5.74) is 2.48. The van der Waals surface area contributed by atoms with E-state index >= 15 is 0 Å². The molecule has 1 amide bonds. The van der Waals surface area contributed by atoms with E-state index in [1.165, 1.54) is 51.2 Å². The Bertz CT molecular complexity index is 1290. The molecule has 4 rings (SSSR count). The van der Waals surface area contributed by atoms with Crippen LogP contribution in [0.5, 0.6) is 11.5 Å². The molecule has 0 aliphatic carbocycles. The van der Waals surface area contributed by atoms with Crippen molar-refractivity contribution in [3.63, 3.8) is 0 Å². The van der Waals surface area contributed by atoms with Gasteiger partial charge in [-0.05, 0) is 80.0 Å². The molecule has 3 aromatic carbocycles. The SMILES string of the molecule is COc1ccc(OC)c(NS(=O)(=O)c2ccc(NC(=O)c3ccc(CN4CCCCC4)cc3)cc2)c1. The van der Waals surface area contributed by atoms with Crippen LogP contribution in [0.1, 0.15) is 35.2 Å². The van der Waals surface area contributed by atoms with Gasteiger partial charge in [0.05, 0.1) is 24.8 Å². The van der Waals surface area contributed by atoms with E-state index in [2.05, 4.69) is 14.9 Å². The normalized spacial score (nSPS) is 14.2. The van der Waals surface area contributed by atoms with Gasteiger partial charge in [0.2, 0.25) is 0 Å². The molecule has 0 saturated carbocycles. The number of piperidine rings is 1. The van der Waals surface area contributed by atoms with E-state index in [0.29, 0.717) is 22.7 Å². The summed E-state index contributed by atoms with van der Waals surface area (Å²) in [6.07, 6.45) is 3.79. The van der Waals surface area contributed by atoms with Crippen molar-refractivity contribution < 1.29 is 22.7 Å². The molecule has 190 valence electrons. The summed E-state index contributed by atoms with van der Waals surface area (Å²) in [5.74, 6) is 0.602. The number of carbonyl (C=O) groups is 1. The van der Waals surface area contributed by atoms with Gasteiger partial charge >= 0.3 is 0 Å². The number of ether oxygens (including phenoxy) is 2. The van der Waals surface area contributed by atoms with Crippen LogP contribution in [-0.2, 0) is 16.6 Å². The van der Waals surface area contributed by atoms with Gasteiger partial charge in [-0.2, -0.15) is 0 Å². The van der Waals surface area contributed by atoms with E-state index in [-0.39, 0.29) is 16.5 Å². The number of likely N-dealkylation sites (tertiary alicyclic amines) is 1. The summed E-state index contributed by atoms with van der Waals surface area (Å²) in [6, 6.07) is 18.4. The van der Waals surface area contributed by atoms with Crippen LogP contribution in [0.25, 0.3) is 0 Å². The van der Waals surface area contributed by atoms with Crippen LogP contribution in [0.15, 0.2) is 71.6 Å². The maximum atomic E-state index is 12.9. The van der Waals surface area contributed by atoms with Crippen molar-refractivity contribution in [3.8, 4) is 11.5 Å². The number of benzene rings is 3. The fourth-order valence-corrected chi connectivity index (χ4v) is 5.22. The van der Waals surface area contributed by atoms with Crippen molar-refractivity contribution in [2.24, 2.45) is 0 Å². The summed E-state index contributed by atoms with van der Waals surface area (Å²) in [6.45, 7) is 3.14. The van der Waals surface area contributed by atoms with Gasteiger partial charge in [0.1, 0.15) is 11.5 Å². The number of nitrogens with zero attached hydrogens (tertiary/aromatic N) is 1. The Labute approximate surface area is 212 Å². The van der Waals surface area contributed by atoms with E-state index < -0.39 is 10.0 Å².